The maximum atomic E-state index is 13.1. The van der Waals surface area contributed by atoms with Crippen LogP contribution in [0.1, 0.15) is 50.4 Å². The first kappa shape index (κ1) is 20.5. The third-order valence-electron chi connectivity index (χ3n) is 6.68. The SMILES string of the molecule is Cc1ccccc1-c1cc(CN2CCC(N3Cc4cccc(C(N)=O)c4C3=O)CC2)[nH]n1. The first-order chi connectivity index (χ1) is 15.5. The van der Waals surface area contributed by atoms with Gasteiger partial charge in [0, 0.05) is 43.5 Å². The van der Waals surface area contributed by atoms with Crippen molar-refractivity contribution in [3.8, 4) is 11.3 Å². The van der Waals surface area contributed by atoms with Gasteiger partial charge < -0.3 is 10.6 Å². The van der Waals surface area contributed by atoms with Crippen molar-refractivity contribution in [2.75, 3.05) is 13.1 Å². The minimum atomic E-state index is -0.545. The second-order valence-corrected chi connectivity index (χ2v) is 8.74. The summed E-state index contributed by atoms with van der Waals surface area (Å²) in [6.07, 6.45) is 1.81. The van der Waals surface area contributed by atoms with Crippen LogP contribution in [0.25, 0.3) is 11.3 Å². The molecule has 0 atom stereocenters. The van der Waals surface area contributed by atoms with E-state index in [9.17, 15) is 9.59 Å². The van der Waals surface area contributed by atoms with Gasteiger partial charge in [-0.15, -0.1) is 0 Å². The van der Waals surface area contributed by atoms with E-state index in [4.69, 9.17) is 5.73 Å². The highest BCUT2D eigenvalue weighted by atomic mass is 16.2. The monoisotopic (exact) mass is 429 g/mol. The number of nitrogens with zero attached hydrogens (tertiary/aromatic N) is 3. The number of carbonyl (C=O) groups excluding carboxylic acids is 2. The van der Waals surface area contributed by atoms with Crippen LogP contribution in [-0.4, -0.2) is 50.9 Å². The van der Waals surface area contributed by atoms with Gasteiger partial charge in [0.1, 0.15) is 0 Å². The molecule has 0 spiro atoms. The van der Waals surface area contributed by atoms with Crippen LogP contribution in [0.4, 0.5) is 0 Å². The molecule has 2 amide bonds. The predicted molar refractivity (Wildman–Crippen MR) is 122 cm³/mol. The fraction of sp³-hybridized carbons (Fsp3) is 0.320. The highest BCUT2D eigenvalue weighted by molar-refractivity contribution is 6.09. The first-order valence-corrected chi connectivity index (χ1v) is 11.1. The number of aryl methyl sites for hydroxylation is 1. The fourth-order valence-corrected chi connectivity index (χ4v) is 4.95. The number of piperidine rings is 1. The molecule has 0 saturated carbocycles. The molecule has 0 aliphatic carbocycles. The maximum Gasteiger partial charge on any atom is 0.255 e. The van der Waals surface area contributed by atoms with Gasteiger partial charge in [0.2, 0.25) is 5.91 Å². The number of carbonyl (C=O) groups is 2. The van der Waals surface area contributed by atoms with Crippen LogP contribution in [0, 0.1) is 6.92 Å². The molecule has 164 valence electrons. The van der Waals surface area contributed by atoms with E-state index in [-0.39, 0.29) is 11.9 Å². The van der Waals surface area contributed by atoms with E-state index in [0.717, 1.165) is 55.0 Å². The van der Waals surface area contributed by atoms with Crippen molar-refractivity contribution in [1.82, 2.24) is 20.0 Å². The van der Waals surface area contributed by atoms with Crippen molar-refractivity contribution in [3.05, 3.63) is 76.5 Å². The van der Waals surface area contributed by atoms with Crippen LogP contribution in [0.3, 0.4) is 0 Å². The highest BCUT2D eigenvalue weighted by Crippen LogP contribution is 2.31. The number of amides is 2. The summed E-state index contributed by atoms with van der Waals surface area (Å²) in [4.78, 5) is 29.1. The molecule has 2 aliphatic heterocycles. The molecular weight excluding hydrogens is 402 g/mol. The minimum Gasteiger partial charge on any atom is -0.366 e. The number of rotatable bonds is 5. The zero-order valence-corrected chi connectivity index (χ0v) is 18.2. The van der Waals surface area contributed by atoms with E-state index < -0.39 is 5.91 Å². The number of hydrogen-bond acceptors (Lipinski definition) is 4. The van der Waals surface area contributed by atoms with Crippen molar-refractivity contribution in [1.29, 1.82) is 0 Å². The van der Waals surface area contributed by atoms with E-state index in [1.54, 1.807) is 12.1 Å². The van der Waals surface area contributed by atoms with Crippen molar-refractivity contribution >= 4 is 11.8 Å². The van der Waals surface area contributed by atoms with Gasteiger partial charge in [0.05, 0.1) is 16.8 Å². The molecule has 0 unspecified atom stereocenters. The quantitative estimate of drug-likeness (QED) is 0.651. The van der Waals surface area contributed by atoms with Gasteiger partial charge in [-0.3, -0.25) is 19.6 Å². The van der Waals surface area contributed by atoms with E-state index in [1.807, 2.05) is 23.1 Å². The Kier molecular flexibility index (Phi) is 5.27. The Morgan fingerprint density at radius 1 is 1.16 bits per heavy atom. The Morgan fingerprint density at radius 3 is 2.69 bits per heavy atom. The summed E-state index contributed by atoms with van der Waals surface area (Å²) in [5, 5.41) is 7.68. The summed E-state index contributed by atoms with van der Waals surface area (Å²) in [7, 11) is 0. The Morgan fingerprint density at radius 2 is 1.94 bits per heavy atom. The Bertz CT molecular complexity index is 1180. The summed E-state index contributed by atoms with van der Waals surface area (Å²) in [5.41, 5.74) is 11.6. The van der Waals surface area contributed by atoms with Crippen LogP contribution in [0.2, 0.25) is 0 Å². The average molecular weight is 430 g/mol. The van der Waals surface area contributed by atoms with Crippen molar-refractivity contribution in [2.45, 2.75) is 38.9 Å². The molecule has 1 aromatic heterocycles. The number of benzene rings is 2. The summed E-state index contributed by atoms with van der Waals surface area (Å²) in [5.74, 6) is -0.610. The number of nitrogens with one attached hydrogen (secondary N) is 1. The molecule has 0 radical (unpaired) electrons. The molecule has 3 heterocycles. The zero-order chi connectivity index (χ0) is 22.2. The van der Waals surface area contributed by atoms with Gasteiger partial charge in [-0.1, -0.05) is 36.4 Å². The molecule has 3 aromatic rings. The molecule has 32 heavy (non-hydrogen) atoms. The smallest absolute Gasteiger partial charge is 0.255 e. The molecule has 1 saturated heterocycles. The largest absolute Gasteiger partial charge is 0.366 e. The summed E-state index contributed by atoms with van der Waals surface area (Å²) in [6, 6.07) is 15.9. The topological polar surface area (TPSA) is 95.3 Å². The van der Waals surface area contributed by atoms with Gasteiger partial charge in [-0.2, -0.15) is 5.10 Å². The van der Waals surface area contributed by atoms with Gasteiger partial charge in [0.15, 0.2) is 0 Å². The molecule has 5 rings (SSSR count). The van der Waals surface area contributed by atoms with Gasteiger partial charge in [0.25, 0.3) is 5.91 Å². The molecule has 2 aliphatic rings. The van der Waals surface area contributed by atoms with Crippen LogP contribution >= 0.6 is 0 Å². The van der Waals surface area contributed by atoms with E-state index in [1.165, 1.54) is 5.56 Å². The lowest BCUT2D eigenvalue weighted by Gasteiger charge is -2.36. The summed E-state index contributed by atoms with van der Waals surface area (Å²) in [6.45, 7) is 5.28. The number of likely N-dealkylation sites (tertiary alicyclic amines) is 1. The molecule has 7 nitrogen and oxygen atoms in total. The zero-order valence-electron chi connectivity index (χ0n) is 18.2. The van der Waals surface area contributed by atoms with Crippen LogP contribution in [0.15, 0.2) is 48.5 Å². The predicted octanol–water partition coefficient (Wildman–Crippen LogP) is 3.10. The fourth-order valence-electron chi connectivity index (χ4n) is 4.95. The second kappa shape index (κ2) is 8.24. The molecule has 3 N–H and O–H groups in total. The number of hydrogen-bond donors (Lipinski definition) is 2. The number of primary amides is 1. The lowest BCUT2D eigenvalue weighted by Crippen LogP contribution is -2.44. The van der Waals surface area contributed by atoms with Gasteiger partial charge >= 0.3 is 0 Å². The van der Waals surface area contributed by atoms with Crippen molar-refractivity contribution in [2.24, 2.45) is 5.73 Å². The molecule has 2 aromatic carbocycles. The number of aromatic nitrogens is 2. The molecule has 1 fully saturated rings. The standard InChI is InChI=1S/C25H27N5O2/c1-16-5-2-3-7-20(16)22-13-18(27-28-22)15-29-11-9-19(10-12-29)30-14-17-6-4-8-21(24(26)31)23(17)25(30)32/h2-8,13,19H,9-12,14-15H2,1H3,(H2,26,31)(H,27,28). The van der Waals surface area contributed by atoms with Gasteiger partial charge in [-0.05, 0) is 43.0 Å². The maximum absolute atomic E-state index is 13.1. The normalized spacial score (nSPS) is 17.0. The Balaban J connectivity index is 1.21. The number of nitrogens with two attached hydrogens (primary N) is 1. The number of H-pyrrole nitrogens is 1. The Hall–Kier alpha value is -3.45. The lowest BCUT2D eigenvalue weighted by molar-refractivity contribution is 0.0587. The van der Waals surface area contributed by atoms with E-state index >= 15 is 0 Å². The van der Waals surface area contributed by atoms with Crippen molar-refractivity contribution < 1.29 is 9.59 Å². The van der Waals surface area contributed by atoms with Crippen LogP contribution < -0.4 is 5.73 Å². The van der Waals surface area contributed by atoms with Gasteiger partial charge in [-0.25, -0.2) is 0 Å². The Labute approximate surface area is 187 Å². The molecule has 0 bridgehead atoms. The third-order valence-corrected chi connectivity index (χ3v) is 6.68. The van der Waals surface area contributed by atoms with E-state index in [2.05, 4.69) is 40.2 Å². The third kappa shape index (κ3) is 3.69. The van der Waals surface area contributed by atoms with Crippen molar-refractivity contribution in [3.63, 3.8) is 0 Å². The summed E-state index contributed by atoms with van der Waals surface area (Å²) < 4.78 is 0. The average Bonchev–Trinajstić information content (AvgIpc) is 3.39. The van der Waals surface area contributed by atoms with E-state index in [0.29, 0.717) is 17.7 Å². The number of fused-ring (bicyclic) bond motifs is 1. The minimum absolute atomic E-state index is 0.0655. The van der Waals surface area contributed by atoms with Crippen LogP contribution in [-0.2, 0) is 13.1 Å². The molecule has 7 heteroatoms. The second-order valence-electron chi connectivity index (χ2n) is 8.74. The summed E-state index contributed by atoms with van der Waals surface area (Å²) >= 11 is 0. The first-order valence-electron chi connectivity index (χ1n) is 11.1. The lowest BCUT2D eigenvalue weighted by atomic mass is 10.0. The van der Waals surface area contributed by atoms with Crippen LogP contribution in [0.5, 0.6) is 0 Å². The highest BCUT2D eigenvalue weighted by Gasteiger charge is 2.36. The molecular formula is C25H27N5O2. The number of aromatic amines is 1.